The number of nitrogens with zero attached hydrogens (tertiary/aromatic N) is 1. The maximum atomic E-state index is 11.7. The molecule has 6 heteroatoms. The molecule has 0 aliphatic carbocycles. The number of hydrogen-bond acceptors (Lipinski definition) is 5. The van der Waals surface area contributed by atoms with Gasteiger partial charge >= 0.3 is 0 Å². The Bertz CT molecular complexity index is 566. The first-order valence-electron chi connectivity index (χ1n) is 6.23. The number of benzene rings is 1. The van der Waals surface area contributed by atoms with E-state index < -0.39 is 0 Å². The van der Waals surface area contributed by atoms with Crippen molar-refractivity contribution < 1.29 is 9.53 Å². The molecule has 0 unspecified atom stereocenters. The molecule has 2 rings (SSSR count). The van der Waals surface area contributed by atoms with Crippen LogP contribution >= 0.6 is 11.3 Å². The molecule has 0 aliphatic rings. The van der Waals surface area contributed by atoms with Crippen LogP contribution in [0.4, 0.5) is 5.69 Å². The van der Waals surface area contributed by atoms with Crippen LogP contribution in [0.25, 0.3) is 0 Å². The number of amides is 1. The van der Waals surface area contributed by atoms with Gasteiger partial charge in [-0.15, -0.1) is 11.3 Å². The highest BCUT2D eigenvalue weighted by molar-refractivity contribution is 7.09. The zero-order chi connectivity index (χ0) is 14.4. The molecule has 0 aliphatic heterocycles. The van der Waals surface area contributed by atoms with Crippen molar-refractivity contribution in [2.75, 3.05) is 19.0 Å². The van der Waals surface area contributed by atoms with Crippen molar-refractivity contribution in [1.82, 2.24) is 10.3 Å². The summed E-state index contributed by atoms with van der Waals surface area (Å²) in [6.07, 6.45) is 0. The summed E-state index contributed by atoms with van der Waals surface area (Å²) in [7, 11) is 1.61. The molecular formula is C14H17N3O2S. The highest BCUT2D eigenvalue weighted by Gasteiger charge is 2.03. The molecular weight excluding hydrogens is 274 g/mol. The van der Waals surface area contributed by atoms with E-state index in [0.717, 1.165) is 22.1 Å². The van der Waals surface area contributed by atoms with Gasteiger partial charge in [0.1, 0.15) is 5.75 Å². The van der Waals surface area contributed by atoms with Crippen LogP contribution in [0.2, 0.25) is 0 Å². The van der Waals surface area contributed by atoms with Crippen LogP contribution in [0.1, 0.15) is 10.7 Å². The fourth-order valence-electron chi connectivity index (χ4n) is 1.67. The van der Waals surface area contributed by atoms with E-state index in [2.05, 4.69) is 15.6 Å². The molecule has 2 N–H and O–H groups in total. The van der Waals surface area contributed by atoms with Crippen molar-refractivity contribution in [3.63, 3.8) is 0 Å². The Balaban J connectivity index is 1.74. The lowest BCUT2D eigenvalue weighted by Gasteiger charge is -2.06. The molecule has 1 aromatic carbocycles. The number of carbonyl (C=O) groups excluding carboxylic acids is 1. The molecule has 20 heavy (non-hydrogen) atoms. The number of carbonyl (C=O) groups is 1. The number of hydrogen-bond donors (Lipinski definition) is 2. The predicted molar refractivity (Wildman–Crippen MR) is 80.2 cm³/mol. The standard InChI is InChI=1S/C14H17N3O2S/c1-10-16-12(9-20-10)7-15-8-14(18)17-11-3-5-13(19-2)6-4-11/h3-6,9,15H,7-8H2,1-2H3,(H,17,18). The van der Waals surface area contributed by atoms with Crippen LogP contribution in [0.3, 0.4) is 0 Å². The summed E-state index contributed by atoms with van der Waals surface area (Å²) in [5.74, 6) is 0.683. The van der Waals surface area contributed by atoms with E-state index in [9.17, 15) is 4.79 Å². The third-order valence-electron chi connectivity index (χ3n) is 2.63. The van der Waals surface area contributed by atoms with Crippen LogP contribution in [-0.2, 0) is 11.3 Å². The Morgan fingerprint density at radius 3 is 2.70 bits per heavy atom. The molecule has 2 aromatic rings. The highest BCUT2D eigenvalue weighted by Crippen LogP contribution is 2.14. The molecule has 0 radical (unpaired) electrons. The third kappa shape index (κ3) is 4.32. The van der Waals surface area contributed by atoms with Gasteiger partial charge in [-0.05, 0) is 31.2 Å². The molecule has 0 atom stereocenters. The van der Waals surface area contributed by atoms with Gasteiger partial charge in [0.15, 0.2) is 0 Å². The summed E-state index contributed by atoms with van der Waals surface area (Å²) >= 11 is 1.61. The van der Waals surface area contributed by atoms with Crippen LogP contribution in [-0.4, -0.2) is 24.5 Å². The second-order valence-electron chi connectivity index (χ2n) is 4.24. The molecule has 1 amide bonds. The lowest BCUT2D eigenvalue weighted by molar-refractivity contribution is -0.115. The topological polar surface area (TPSA) is 63.2 Å². The number of thiazole rings is 1. The summed E-state index contributed by atoms with van der Waals surface area (Å²) < 4.78 is 5.06. The summed E-state index contributed by atoms with van der Waals surface area (Å²) in [6, 6.07) is 7.23. The first kappa shape index (κ1) is 14.5. The van der Waals surface area contributed by atoms with E-state index >= 15 is 0 Å². The molecule has 0 spiro atoms. The van der Waals surface area contributed by atoms with Gasteiger partial charge in [0.2, 0.25) is 5.91 Å². The normalized spacial score (nSPS) is 10.3. The number of nitrogens with one attached hydrogen (secondary N) is 2. The molecule has 5 nitrogen and oxygen atoms in total. The Morgan fingerprint density at radius 2 is 2.10 bits per heavy atom. The molecule has 106 valence electrons. The van der Waals surface area contributed by atoms with Gasteiger partial charge in [-0.3, -0.25) is 4.79 Å². The van der Waals surface area contributed by atoms with E-state index in [1.165, 1.54) is 0 Å². The quantitative estimate of drug-likeness (QED) is 0.856. The molecule has 0 saturated heterocycles. The Morgan fingerprint density at radius 1 is 1.35 bits per heavy atom. The van der Waals surface area contributed by atoms with Crippen LogP contribution in [0, 0.1) is 6.92 Å². The first-order chi connectivity index (χ1) is 9.67. The van der Waals surface area contributed by atoms with Gasteiger partial charge in [0, 0.05) is 17.6 Å². The smallest absolute Gasteiger partial charge is 0.238 e. The van der Waals surface area contributed by atoms with E-state index in [-0.39, 0.29) is 12.5 Å². The second-order valence-corrected chi connectivity index (χ2v) is 5.30. The number of ether oxygens (including phenoxy) is 1. The zero-order valence-corrected chi connectivity index (χ0v) is 12.3. The Labute approximate surface area is 122 Å². The number of aryl methyl sites for hydroxylation is 1. The van der Waals surface area contributed by atoms with Crippen LogP contribution < -0.4 is 15.4 Å². The van der Waals surface area contributed by atoms with Gasteiger partial charge in [0.25, 0.3) is 0 Å². The second kappa shape index (κ2) is 7.02. The van der Waals surface area contributed by atoms with Crippen molar-refractivity contribution in [3.05, 3.63) is 40.3 Å². The van der Waals surface area contributed by atoms with Crippen molar-refractivity contribution >= 4 is 22.9 Å². The summed E-state index contributed by atoms with van der Waals surface area (Å²) in [5, 5.41) is 8.90. The molecule has 1 aromatic heterocycles. The average Bonchev–Trinajstić information content (AvgIpc) is 2.85. The van der Waals surface area contributed by atoms with Crippen LogP contribution in [0.5, 0.6) is 5.75 Å². The van der Waals surface area contributed by atoms with E-state index in [0.29, 0.717) is 6.54 Å². The van der Waals surface area contributed by atoms with Crippen molar-refractivity contribution in [1.29, 1.82) is 0 Å². The maximum absolute atomic E-state index is 11.7. The molecule has 1 heterocycles. The minimum atomic E-state index is -0.0814. The number of anilines is 1. The monoisotopic (exact) mass is 291 g/mol. The highest BCUT2D eigenvalue weighted by atomic mass is 32.1. The van der Waals surface area contributed by atoms with E-state index in [1.54, 1.807) is 42.7 Å². The Hall–Kier alpha value is -1.92. The Kier molecular flexibility index (Phi) is 5.09. The van der Waals surface area contributed by atoms with E-state index in [1.807, 2.05) is 12.3 Å². The number of rotatable bonds is 6. The van der Waals surface area contributed by atoms with Gasteiger partial charge in [-0.1, -0.05) is 0 Å². The number of methoxy groups -OCH3 is 1. The number of aromatic nitrogens is 1. The van der Waals surface area contributed by atoms with Gasteiger partial charge in [-0.2, -0.15) is 0 Å². The summed E-state index contributed by atoms with van der Waals surface area (Å²) in [5.41, 5.74) is 1.71. The maximum Gasteiger partial charge on any atom is 0.238 e. The van der Waals surface area contributed by atoms with Gasteiger partial charge in [-0.25, -0.2) is 4.98 Å². The van der Waals surface area contributed by atoms with Crippen LogP contribution in [0.15, 0.2) is 29.6 Å². The molecule has 0 fully saturated rings. The van der Waals surface area contributed by atoms with Crippen molar-refractivity contribution in [3.8, 4) is 5.75 Å². The SMILES string of the molecule is COc1ccc(NC(=O)CNCc2csc(C)n2)cc1. The zero-order valence-electron chi connectivity index (χ0n) is 11.5. The summed E-state index contributed by atoms with van der Waals surface area (Å²) in [4.78, 5) is 16.1. The van der Waals surface area contributed by atoms with Crippen molar-refractivity contribution in [2.45, 2.75) is 13.5 Å². The fourth-order valence-corrected chi connectivity index (χ4v) is 2.29. The van der Waals surface area contributed by atoms with Gasteiger partial charge < -0.3 is 15.4 Å². The lowest BCUT2D eigenvalue weighted by atomic mass is 10.3. The lowest BCUT2D eigenvalue weighted by Crippen LogP contribution is -2.27. The molecule has 0 saturated carbocycles. The minimum absolute atomic E-state index is 0.0814. The van der Waals surface area contributed by atoms with Gasteiger partial charge in [0.05, 0.1) is 24.4 Å². The predicted octanol–water partition coefficient (Wildman–Crippen LogP) is 2.19. The average molecular weight is 291 g/mol. The van der Waals surface area contributed by atoms with E-state index in [4.69, 9.17) is 4.74 Å². The summed E-state index contributed by atoms with van der Waals surface area (Å²) in [6.45, 7) is 2.81. The third-order valence-corrected chi connectivity index (χ3v) is 3.45. The molecule has 0 bridgehead atoms. The minimum Gasteiger partial charge on any atom is -0.497 e. The van der Waals surface area contributed by atoms with Crippen molar-refractivity contribution in [2.24, 2.45) is 0 Å². The largest absolute Gasteiger partial charge is 0.497 e. The fraction of sp³-hybridized carbons (Fsp3) is 0.286. The first-order valence-corrected chi connectivity index (χ1v) is 7.11.